The molecule has 1 rings (SSSR count). The summed E-state index contributed by atoms with van der Waals surface area (Å²) in [6.07, 6.45) is 0. The van der Waals surface area contributed by atoms with Crippen molar-refractivity contribution in [2.24, 2.45) is 0 Å². The van der Waals surface area contributed by atoms with Crippen molar-refractivity contribution in [3.8, 4) is 5.75 Å². The van der Waals surface area contributed by atoms with Crippen molar-refractivity contribution in [3.05, 3.63) is 29.8 Å². The summed E-state index contributed by atoms with van der Waals surface area (Å²) in [6.45, 7) is 8.36. The third-order valence-electron chi connectivity index (χ3n) is 3.18. The minimum Gasteiger partial charge on any atom is -0.383 e. The lowest BCUT2D eigenvalue weighted by Crippen LogP contribution is -2.49. The third-order valence-corrected chi connectivity index (χ3v) is 4.34. The van der Waals surface area contributed by atoms with Crippen LogP contribution in [0.25, 0.3) is 0 Å². The van der Waals surface area contributed by atoms with E-state index in [0.717, 1.165) is 5.56 Å². The van der Waals surface area contributed by atoms with Crippen LogP contribution in [-0.4, -0.2) is 50.9 Å². The normalized spacial score (nSPS) is 11.9. The average molecular weight is 372 g/mol. The second-order valence-electron chi connectivity index (χ2n) is 6.67. The quantitative estimate of drug-likeness (QED) is 0.708. The summed E-state index contributed by atoms with van der Waals surface area (Å²) in [7, 11) is -2.01. The predicted octanol–water partition coefficient (Wildman–Crippen LogP) is 2.37. The van der Waals surface area contributed by atoms with Crippen molar-refractivity contribution in [1.29, 1.82) is 0 Å². The molecule has 2 amide bonds. The Hall–Kier alpha value is -1.80. The van der Waals surface area contributed by atoms with Crippen LogP contribution in [0.5, 0.6) is 5.75 Å². The number of carbonyl (C=O) groups excluding carboxylic acids is 1. The number of urea groups is 1. The van der Waals surface area contributed by atoms with E-state index in [-0.39, 0.29) is 23.1 Å². The first-order valence-corrected chi connectivity index (χ1v) is 9.71. The van der Waals surface area contributed by atoms with Gasteiger partial charge in [0.25, 0.3) is 0 Å². The maximum atomic E-state index is 12.5. The second kappa shape index (κ2) is 9.05. The third kappa shape index (κ3) is 8.22. The molecular formula is C17H28N2O5S. The molecule has 1 N–H and O–H groups in total. The number of methoxy groups -OCH3 is 1. The number of benzene rings is 1. The van der Waals surface area contributed by atoms with Gasteiger partial charge >= 0.3 is 16.1 Å². The SMILES string of the molecule is CCS(=O)(=O)Oc1cccc(CN(CCOC)C(=O)NC(C)(C)C)c1. The Bertz CT molecular complexity index is 668. The molecule has 0 unspecified atom stereocenters. The van der Waals surface area contributed by atoms with E-state index in [0.29, 0.717) is 19.7 Å². The first-order chi connectivity index (χ1) is 11.6. The number of nitrogens with one attached hydrogen (secondary N) is 1. The largest absolute Gasteiger partial charge is 0.383 e. The molecule has 1 aromatic rings. The van der Waals surface area contributed by atoms with Crippen LogP contribution < -0.4 is 9.50 Å². The highest BCUT2D eigenvalue weighted by molar-refractivity contribution is 7.87. The molecule has 0 bridgehead atoms. The Kier molecular flexibility index (Phi) is 7.69. The molecule has 0 saturated carbocycles. The van der Waals surface area contributed by atoms with E-state index in [1.165, 1.54) is 6.92 Å². The minimum absolute atomic E-state index is 0.106. The van der Waals surface area contributed by atoms with E-state index in [1.807, 2.05) is 26.8 Å². The first-order valence-electron chi connectivity index (χ1n) is 8.13. The Morgan fingerprint density at radius 2 is 1.96 bits per heavy atom. The van der Waals surface area contributed by atoms with Gasteiger partial charge in [-0.1, -0.05) is 12.1 Å². The van der Waals surface area contributed by atoms with Gasteiger partial charge in [-0.25, -0.2) is 4.79 Å². The van der Waals surface area contributed by atoms with Gasteiger partial charge in [0.1, 0.15) is 5.75 Å². The Morgan fingerprint density at radius 1 is 1.28 bits per heavy atom. The molecular weight excluding hydrogens is 344 g/mol. The molecule has 0 aromatic heterocycles. The average Bonchev–Trinajstić information content (AvgIpc) is 2.49. The summed E-state index contributed by atoms with van der Waals surface area (Å²) < 4.78 is 33.3. The first kappa shape index (κ1) is 21.2. The van der Waals surface area contributed by atoms with Crippen LogP contribution in [0.4, 0.5) is 4.79 Å². The Morgan fingerprint density at radius 3 is 2.52 bits per heavy atom. The van der Waals surface area contributed by atoms with Crippen LogP contribution in [0.2, 0.25) is 0 Å². The summed E-state index contributed by atoms with van der Waals surface area (Å²) >= 11 is 0. The Balaban J connectivity index is 2.91. The van der Waals surface area contributed by atoms with Crippen LogP contribution >= 0.6 is 0 Å². The minimum atomic E-state index is -3.59. The molecule has 0 aliphatic rings. The zero-order chi connectivity index (χ0) is 19.1. The molecule has 0 saturated heterocycles. The van der Waals surface area contributed by atoms with Crippen LogP contribution in [0.3, 0.4) is 0 Å². The van der Waals surface area contributed by atoms with E-state index >= 15 is 0 Å². The predicted molar refractivity (Wildman–Crippen MR) is 97.1 cm³/mol. The fourth-order valence-corrected chi connectivity index (χ4v) is 2.49. The highest BCUT2D eigenvalue weighted by Gasteiger charge is 2.20. The molecule has 0 spiro atoms. The van der Waals surface area contributed by atoms with Crippen molar-refractivity contribution >= 4 is 16.1 Å². The van der Waals surface area contributed by atoms with E-state index < -0.39 is 10.1 Å². The molecule has 0 aliphatic carbocycles. The zero-order valence-electron chi connectivity index (χ0n) is 15.5. The molecule has 142 valence electrons. The molecule has 1 aromatic carbocycles. The monoisotopic (exact) mass is 372 g/mol. The van der Waals surface area contributed by atoms with Crippen molar-refractivity contribution < 1.29 is 22.1 Å². The lowest BCUT2D eigenvalue weighted by Gasteiger charge is -2.28. The van der Waals surface area contributed by atoms with Gasteiger partial charge in [0.05, 0.1) is 12.4 Å². The number of amides is 2. The van der Waals surface area contributed by atoms with Crippen LogP contribution in [0, 0.1) is 0 Å². The molecule has 0 radical (unpaired) electrons. The van der Waals surface area contributed by atoms with Gasteiger partial charge in [0.2, 0.25) is 0 Å². The maximum Gasteiger partial charge on any atom is 0.318 e. The molecule has 25 heavy (non-hydrogen) atoms. The van der Waals surface area contributed by atoms with E-state index in [1.54, 1.807) is 30.2 Å². The smallest absolute Gasteiger partial charge is 0.318 e. The summed E-state index contributed by atoms with van der Waals surface area (Å²) in [5.41, 5.74) is 0.409. The highest BCUT2D eigenvalue weighted by atomic mass is 32.2. The Labute approximate surface area is 150 Å². The molecule has 0 heterocycles. The molecule has 0 atom stereocenters. The lowest BCUT2D eigenvalue weighted by molar-refractivity contribution is 0.142. The molecule has 0 aliphatic heterocycles. The lowest BCUT2D eigenvalue weighted by atomic mass is 10.1. The molecule has 0 fully saturated rings. The van der Waals surface area contributed by atoms with E-state index in [9.17, 15) is 13.2 Å². The summed E-state index contributed by atoms with van der Waals surface area (Å²) in [5.74, 6) is 0.132. The maximum absolute atomic E-state index is 12.5. The van der Waals surface area contributed by atoms with Gasteiger partial charge in [0, 0.05) is 25.7 Å². The summed E-state index contributed by atoms with van der Waals surface area (Å²) in [5, 5.41) is 2.91. The van der Waals surface area contributed by atoms with Gasteiger partial charge in [0.15, 0.2) is 0 Å². The molecule has 7 nitrogen and oxygen atoms in total. The van der Waals surface area contributed by atoms with Crippen molar-refractivity contribution in [2.75, 3.05) is 26.0 Å². The van der Waals surface area contributed by atoms with Crippen LogP contribution in [-0.2, 0) is 21.4 Å². The number of carbonyl (C=O) groups is 1. The fourth-order valence-electron chi connectivity index (χ4n) is 1.98. The number of hydrogen-bond donors (Lipinski definition) is 1. The van der Waals surface area contributed by atoms with E-state index in [4.69, 9.17) is 8.92 Å². The fraction of sp³-hybridized carbons (Fsp3) is 0.588. The van der Waals surface area contributed by atoms with Crippen molar-refractivity contribution in [2.45, 2.75) is 39.8 Å². The van der Waals surface area contributed by atoms with Crippen LogP contribution in [0.1, 0.15) is 33.3 Å². The number of rotatable bonds is 8. The zero-order valence-corrected chi connectivity index (χ0v) is 16.4. The summed E-state index contributed by atoms with van der Waals surface area (Å²) in [6, 6.07) is 6.50. The number of hydrogen-bond acceptors (Lipinski definition) is 5. The van der Waals surface area contributed by atoms with Gasteiger partial charge in [-0.05, 0) is 45.4 Å². The van der Waals surface area contributed by atoms with Gasteiger partial charge in [-0.2, -0.15) is 8.42 Å². The highest BCUT2D eigenvalue weighted by Crippen LogP contribution is 2.17. The second-order valence-corrected chi connectivity index (χ2v) is 8.53. The van der Waals surface area contributed by atoms with Crippen LogP contribution in [0.15, 0.2) is 24.3 Å². The number of ether oxygens (including phenoxy) is 1. The van der Waals surface area contributed by atoms with E-state index in [2.05, 4.69) is 5.32 Å². The van der Waals surface area contributed by atoms with Crippen molar-refractivity contribution in [1.82, 2.24) is 10.2 Å². The van der Waals surface area contributed by atoms with Gasteiger partial charge < -0.3 is 19.1 Å². The summed E-state index contributed by atoms with van der Waals surface area (Å²) in [4.78, 5) is 14.1. The van der Waals surface area contributed by atoms with Gasteiger partial charge in [-0.15, -0.1) is 0 Å². The molecule has 8 heteroatoms. The van der Waals surface area contributed by atoms with Crippen molar-refractivity contribution in [3.63, 3.8) is 0 Å². The number of nitrogens with zero attached hydrogens (tertiary/aromatic N) is 1. The standard InChI is InChI=1S/C17H28N2O5S/c1-6-25(21,22)24-15-9-7-8-14(12-15)13-19(10-11-23-5)16(20)18-17(2,3)4/h7-9,12H,6,10-11,13H2,1-5H3,(H,18,20). The van der Waals surface area contributed by atoms with Gasteiger partial charge in [-0.3, -0.25) is 0 Å². The topological polar surface area (TPSA) is 84.9 Å².